The molecule has 4 nitrogen and oxygen atoms in total. The number of esters is 1. The number of aromatic nitrogens is 2. The Bertz CT molecular complexity index is 654. The topological polar surface area (TPSA) is 52.1 Å². The van der Waals surface area contributed by atoms with Crippen molar-refractivity contribution in [1.29, 1.82) is 0 Å². The molecular weight excluding hydrogens is 304 g/mol. The molecule has 0 fully saturated rings. The van der Waals surface area contributed by atoms with E-state index in [0.717, 1.165) is 29.1 Å². The predicted octanol–water partition coefficient (Wildman–Crippen LogP) is 3.62. The van der Waals surface area contributed by atoms with Gasteiger partial charge in [0.15, 0.2) is 0 Å². The van der Waals surface area contributed by atoms with Gasteiger partial charge in [-0.3, -0.25) is 4.79 Å². The van der Waals surface area contributed by atoms with Crippen LogP contribution in [0.4, 0.5) is 0 Å². The van der Waals surface area contributed by atoms with Gasteiger partial charge in [-0.2, -0.15) is 0 Å². The minimum Gasteiger partial charge on any atom is -0.465 e. The van der Waals surface area contributed by atoms with E-state index in [2.05, 4.69) is 9.97 Å². The van der Waals surface area contributed by atoms with Crippen molar-refractivity contribution in [3.63, 3.8) is 0 Å². The number of carbonyl (C=O) groups is 1. The van der Waals surface area contributed by atoms with E-state index in [1.807, 2.05) is 6.92 Å². The summed E-state index contributed by atoms with van der Waals surface area (Å²) in [5.41, 5.74) is 1.41. The summed E-state index contributed by atoms with van der Waals surface area (Å²) in [4.78, 5) is 23.0. The monoisotopic (exact) mass is 322 g/mol. The number of rotatable bonds is 5. The maximum atomic E-state index is 11.7. The molecule has 0 aromatic carbocycles. The number of thioether (sulfide) groups is 1. The molecule has 2 heterocycles. The van der Waals surface area contributed by atoms with Crippen molar-refractivity contribution >= 4 is 39.3 Å². The second-order valence-corrected chi connectivity index (χ2v) is 7.13. The molecular formula is C15H18N2O2S2. The van der Waals surface area contributed by atoms with E-state index in [1.54, 1.807) is 17.7 Å². The van der Waals surface area contributed by atoms with Crippen LogP contribution in [0, 0.1) is 0 Å². The van der Waals surface area contributed by atoms with Crippen LogP contribution in [0.25, 0.3) is 10.2 Å². The molecule has 0 radical (unpaired) electrons. The summed E-state index contributed by atoms with van der Waals surface area (Å²) in [6, 6.07) is 0. The number of hydrogen-bond acceptors (Lipinski definition) is 6. The lowest BCUT2D eigenvalue weighted by molar-refractivity contribution is -0.140. The Morgan fingerprint density at radius 1 is 1.38 bits per heavy atom. The lowest BCUT2D eigenvalue weighted by atomic mass is 9.97. The van der Waals surface area contributed by atoms with Crippen LogP contribution in [0.5, 0.6) is 0 Å². The molecule has 1 aliphatic carbocycles. The third kappa shape index (κ3) is 3.21. The summed E-state index contributed by atoms with van der Waals surface area (Å²) in [5, 5.41) is 2.10. The predicted molar refractivity (Wildman–Crippen MR) is 86.0 cm³/mol. The van der Waals surface area contributed by atoms with E-state index in [-0.39, 0.29) is 5.97 Å². The van der Waals surface area contributed by atoms with Crippen molar-refractivity contribution in [1.82, 2.24) is 9.97 Å². The average Bonchev–Trinajstić information content (AvgIpc) is 2.90. The maximum absolute atomic E-state index is 11.7. The van der Waals surface area contributed by atoms with Crippen molar-refractivity contribution in [3.05, 3.63) is 16.8 Å². The fourth-order valence-electron chi connectivity index (χ4n) is 2.56. The van der Waals surface area contributed by atoms with Crippen molar-refractivity contribution in [2.75, 3.05) is 12.4 Å². The van der Waals surface area contributed by atoms with Crippen LogP contribution < -0.4 is 0 Å². The fraction of sp³-hybridized carbons (Fsp3) is 0.533. The van der Waals surface area contributed by atoms with Crippen molar-refractivity contribution < 1.29 is 9.53 Å². The Morgan fingerprint density at radius 3 is 3.10 bits per heavy atom. The highest BCUT2D eigenvalue weighted by Crippen LogP contribution is 2.39. The zero-order chi connectivity index (χ0) is 14.7. The largest absolute Gasteiger partial charge is 0.465 e. The third-order valence-corrected chi connectivity index (χ3v) is 5.67. The van der Waals surface area contributed by atoms with Crippen molar-refractivity contribution in [3.8, 4) is 0 Å². The van der Waals surface area contributed by atoms with Gasteiger partial charge in [0.1, 0.15) is 16.2 Å². The number of nitrogens with zero attached hydrogens (tertiary/aromatic N) is 2. The molecule has 0 spiro atoms. The van der Waals surface area contributed by atoms with Gasteiger partial charge in [0.2, 0.25) is 0 Å². The van der Waals surface area contributed by atoms with Gasteiger partial charge >= 0.3 is 5.97 Å². The molecule has 2 aromatic rings. The first-order valence-corrected chi connectivity index (χ1v) is 9.13. The second kappa shape index (κ2) is 6.75. The van der Waals surface area contributed by atoms with Gasteiger partial charge in [-0.25, -0.2) is 9.97 Å². The first-order valence-electron chi connectivity index (χ1n) is 7.33. The molecule has 2 aromatic heterocycles. The fourth-order valence-corrected chi connectivity index (χ4v) is 4.67. The smallest absolute Gasteiger partial charge is 0.316 e. The minimum atomic E-state index is -0.169. The molecule has 1 aliphatic rings. The van der Waals surface area contributed by atoms with Crippen molar-refractivity contribution in [2.45, 2.75) is 44.1 Å². The van der Waals surface area contributed by atoms with E-state index >= 15 is 0 Å². The second-order valence-electron chi connectivity index (χ2n) is 5.08. The molecule has 0 N–H and O–H groups in total. The van der Waals surface area contributed by atoms with Crippen LogP contribution in [0.2, 0.25) is 0 Å². The Morgan fingerprint density at radius 2 is 2.24 bits per heavy atom. The van der Waals surface area contributed by atoms with Crippen LogP contribution in [0.15, 0.2) is 11.4 Å². The molecule has 0 saturated heterocycles. The van der Waals surface area contributed by atoms with E-state index in [4.69, 9.17) is 4.74 Å². The molecule has 6 heteroatoms. The quantitative estimate of drug-likeness (QED) is 0.478. The first kappa shape index (κ1) is 14.8. The molecule has 0 unspecified atom stereocenters. The number of fused-ring (bicyclic) bond motifs is 3. The number of ether oxygens (including phenoxy) is 1. The Hall–Kier alpha value is -1.14. The van der Waals surface area contributed by atoms with Crippen LogP contribution >= 0.6 is 23.1 Å². The van der Waals surface area contributed by atoms with Gasteiger partial charge in [-0.1, -0.05) is 18.7 Å². The molecule has 0 saturated carbocycles. The minimum absolute atomic E-state index is 0.169. The number of thiophene rings is 1. The molecule has 0 amide bonds. The van der Waals surface area contributed by atoms with Crippen LogP contribution in [0.3, 0.4) is 0 Å². The lowest BCUT2D eigenvalue weighted by Crippen LogP contribution is -2.08. The zero-order valence-corrected chi connectivity index (χ0v) is 13.7. The summed E-state index contributed by atoms with van der Waals surface area (Å²) in [5.74, 6) is 0.147. The first-order chi connectivity index (χ1) is 10.3. The van der Waals surface area contributed by atoms with E-state index < -0.39 is 0 Å². The molecule has 0 bridgehead atoms. The Balaban J connectivity index is 1.82. The van der Waals surface area contributed by atoms with E-state index in [1.165, 1.54) is 40.4 Å². The Kier molecular flexibility index (Phi) is 4.75. The third-order valence-electron chi connectivity index (χ3n) is 3.51. The summed E-state index contributed by atoms with van der Waals surface area (Å²) >= 11 is 3.25. The van der Waals surface area contributed by atoms with Crippen LogP contribution in [0.1, 0.15) is 36.6 Å². The highest BCUT2D eigenvalue weighted by atomic mass is 32.2. The summed E-state index contributed by atoms with van der Waals surface area (Å²) < 4.78 is 5.12. The van der Waals surface area contributed by atoms with Gasteiger partial charge in [-0.15, -0.1) is 11.3 Å². The van der Waals surface area contributed by atoms with Crippen molar-refractivity contribution in [2.24, 2.45) is 0 Å². The molecule has 3 rings (SSSR count). The van der Waals surface area contributed by atoms with E-state index in [0.29, 0.717) is 12.4 Å². The molecule has 0 atom stereocenters. The average molecular weight is 322 g/mol. The standard InChI is InChI=1S/C15H18N2O2S2/c1-2-7-19-12(18)8-20-14-13-10-5-3-4-6-11(10)21-15(13)17-9-16-14/h9H,2-8H2,1H3. The van der Waals surface area contributed by atoms with Gasteiger partial charge in [0.25, 0.3) is 0 Å². The number of carbonyl (C=O) groups excluding carboxylic acids is 1. The normalized spacial score (nSPS) is 14.1. The lowest BCUT2D eigenvalue weighted by Gasteiger charge is -2.11. The van der Waals surface area contributed by atoms with Gasteiger partial charge < -0.3 is 4.74 Å². The summed E-state index contributed by atoms with van der Waals surface area (Å²) in [6.45, 7) is 2.48. The highest BCUT2D eigenvalue weighted by Gasteiger charge is 2.20. The van der Waals surface area contributed by atoms with Crippen LogP contribution in [-0.4, -0.2) is 28.3 Å². The highest BCUT2D eigenvalue weighted by molar-refractivity contribution is 8.00. The molecule has 21 heavy (non-hydrogen) atoms. The van der Waals surface area contributed by atoms with E-state index in [9.17, 15) is 4.79 Å². The number of aryl methyl sites for hydroxylation is 2. The number of hydrogen-bond donors (Lipinski definition) is 0. The van der Waals surface area contributed by atoms with Gasteiger partial charge in [-0.05, 0) is 37.7 Å². The van der Waals surface area contributed by atoms with Gasteiger partial charge in [0.05, 0.1) is 12.4 Å². The Labute approximate surface area is 132 Å². The van der Waals surface area contributed by atoms with Gasteiger partial charge in [0, 0.05) is 10.3 Å². The maximum Gasteiger partial charge on any atom is 0.316 e. The SMILES string of the molecule is CCCOC(=O)CSc1ncnc2sc3c(c12)CCCC3. The zero-order valence-electron chi connectivity index (χ0n) is 12.1. The molecule has 0 aliphatic heterocycles. The molecule has 112 valence electrons. The summed E-state index contributed by atoms with van der Waals surface area (Å²) in [7, 11) is 0. The van der Waals surface area contributed by atoms with Crippen LogP contribution in [-0.2, 0) is 22.4 Å². The summed E-state index contributed by atoms with van der Waals surface area (Å²) in [6.07, 6.45) is 7.21.